The van der Waals surface area contributed by atoms with Crippen LogP contribution in [0, 0.1) is 5.92 Å². The van der Waals surface area contributed by atoms with Crippen LogP contribution in [0.2, 0.25) is 0 Å². The fraction of sp³-hybridized carbons (Fsp3) is 0.156. The Balaban J connectivity index is 1.28. The minimum absolute atomic E-state index is 0.292. The SMILES string of the molecule is C=CCOc1ccc2ccccc2c1C=Nc1ccc([C@@H]2Nc3ccccc3[C@@H]3C=CC[C@H]32)cc1. The van der Waals surface area contributed by atoms with Crippen molar-refractivity contribution in [2.45, 2.75) is 18.4 Å². The highest BCUT2D eigenvalue weighted by atomic mass is 16.5. The van der Waals surface area contributed by atoms with Crippen molar-refractivity contribution in [2.24, 2.45) is 10.9 Å². The van der Waals surface area contributed by atoms with Crippen molar-refractivity contribution >= 4 is 28.4 Å². The van der Waals surface area contributed by atoms with E-state index < -0.39 is 0 Å². The third-order valence-electron chi connectivity index (χ3n) is 7.15. The minimum atomic E-state index is 0.292. The van der Waals surface area contributed by atoms with Gasteiger partial charge in [-0.25, -0.2) is 0 Å². The maximum Gasteiger partial charge on any atom is 0.129 e. The van der Waals surface area contributed by atoms with Crippen LogP contribution in [0.25, 0.3) is 10.8 Å². The highest BCUT2D eigenvalue weighted by Crippen LogP contribution is 2.49. The van der Waals surface area contributed by atoms with E-state index in [0.29, 0.717) is 24.5 Å². The highest BCUT2D eigenvalue weighted by Gasteiger charge is 2.37. The fourth-order valence-electron chi connectivity index (χ4n) is 5.46. The molecule has 4 aromatic carbocycles. The van der Waals surface area contributed by atoms with Gasteiger partial charge in [0.25, 0.3) is 0 Å². The van der Waals surface area contributed by atoms with Gasteiger partial charge in [-0.1, -0.05) is 85.5 Å². The van der Waals surface area contributed by atoms with Gasteiger partial charge in [0.05, 0.1) is 11.7 Å². The van der Waals surface area contributed by atoms with Crippen molar-refractivity contribution in [3.8, 4) is 5.75 Å². The first-order valence-electron chi connectivity index (χ1n) is 12.2. The molecule has 1 aliphatic heterocycles. The molecule has 1 aliphatic carbocycles. The fourth-order valence-corrected chi connectivity index (χ4v) is 5.46. The van der Waals surface area contributed by atoms with Gasteiger partial charge in [-0.3, -0.25) is 4.99 Å². The number of rotatable bonds is 6. The summed E-state index contributed by atoms with van der Waals surface area (Å²) in [6.45, 7) is 4.23. The summed E-state index contributed by atoms with van der Waals surface area (Å²) in [4.78, 5) is 4.82. The van der Waals surface area contributed by atoms with E-state index in [2.05, 4.69) is 90.8 Å². The number of aliphatic imine (C=N–C) groups is 1. The van der Waals surface area contributed by atoms with E-state index in [1.54, 1.807) is 6.08 Å². The van der Waals surface area contributed by atoms with Crippen molar-refractivity contribution < 1.29 is 4.74 Å². The molecule has 0 saturated heterocycles. The first-order valence-corrected chi connectivity index (χ1v) is 12.2. The predicted octanol–water partition coefficient (Wildman–Crippen LogP) is 7.98. The molecule has 0 spiro atoms. The van der Waals surface area contributed by atoms with E-state index in [1.165, 1.54) is 22.2 Å². The third-order valence-corrected chi connectivity index (χ3v) is 7.15. The molecule has 35 heavy (non-hydrogen) atoms. The molecule has 6 rings (SSSR count). The second kappa shape index (κ2) is 9.27. The molecule has 0 unspecified atom stereocenters. The number of anilines is 1. The van der Waals surface area contributed by atoms with Crippen LogP contribution in [-0.2, 0) is 0 Å². The second-order valence-corrected chi connectivity index (χ2v) is 9.21. The van der Waals surface area contributed by atoms with Gasteiger partial charge in [0, 0.05) is 23.4 Å². The van der Waals surface area contributed by atoms with Gasteiger partial charge in [-0.05, 0) is 58.5 Å². The lowest BCUT2D eigenvalue weighted by molar-refractivity contribution is 0.363. The van der Waals surface area contributed by atoms with Crippen LogP contribution < -0.4 is 10.1 Å². The monoisotopic (exact) mass is 456 g/mol. The van der Waals surface area contributed by atoms with Crippen LogP contribution in [0.3, 0.4) is 0 Å². The molecule has 0 fully saturated rings. The molecule has 0 radical (unpaired) electrons. The molecule has 3 atom stereocenters. The summed E-state index contributed by atoms with van der Waals surface area (Å²) >= 11 is 0. The number of fused-ring (bicyclic) bond motifs is 4. The Bertz CT molecular complexity index is 1430. The first-order chi connectivity index (χ1) is 17.3. The molecule has 1 heterocycles. The van der Waals surface area contributed by atoms with Gasteiger partial charge >= 0.3 is 0 Å². The second-order valence-electron chi connectivity index (χ2n) is 9.21. The standard InChI is InChI=1S/C32H28N2O/c1-2-20-35-31-19-16-22-8-3-4-9-25(22)29(31)21-33-24-17-14-23(15-18-24)32-28-12-7-11-26(28)27-10-5-6-13-30(27)34-32/h2-11,13-19,21,26,28,32,34H,1,12,20H2/t26-,28+,32-/m0/s1. The van der Waals surface area contributed by atoms with Gasteiger partial charge in [0.1, 0.15) is 12.4 Å². The molecule has 4 aromatic rings. The molecule has 0 bridgehead atoms. The first kappa shape index (κ1) is 21.4. The van der Waals surface area contributed by atoms with Crippen LogP contribution in [0.15, 0.2) is 115 Å². The molecule has 3 heteroatoms. The number of para-hydroxylation sites is 1. The molecule has 0 saturated carbocycles. The summed E-state index contributed by atoms with van der Waals surface area (Å²) in [6, 6.07) is 30.1. The molecule has 172 valence electrons. The number of allylic oxidation sites excluding steroid dienone is 2. The van der Waals surface area contributed by atoms with Crippen LogP contribution in [0.5, 0.6) is 5.75 Å². The predicted molar refractivity (Wildman–Crippen MR) is 146 cm³/mol. The highest BCUT2D eigenvalue weighted by molar-refractivity contribution is 6.03. The zero-order chi connectivity index (χ0) is 23.6. The Kier molecular flexibility index (Phi) is 5.67. The number of hydrogen-bond acceptors (Lipinski definition) is 3. The lowest BCUT2D eigenvalue weighted by Crippen LogP contribution is -2.28. The van der Waals surface area contributed by atoms with Crippen LogP contribution in [0.4, 0.5) is 11.4 Å². The number of nitrogens with one attached hydrogen (secondary N) is 1. The van der Waals surface area contributed by atoms with Gasteiger partial charge in [-0.15, -0.1) is 0 Å². The maximum absolute atomic E-state index is 5.93. The van der Waals surface area contributed by atoms with Crippen molar-refractivity contribution in [3.63, 3.8) is 0 Å². The van der Waals surface area contributed by atoms with Crippen molar-refractivity contribution in [2.75, 3.05) is 11.9 Å². The zero-order valence-corrected chi connectivity index (χ0v) is 19.6. The van der Waals surface area contributed by atoms with Gasteiger partial charge in [0.15, 0.2) is 0 Å². The Morgan fingerprint density at radius 3 is 2.66 bits per heavy atom. The normalized spacial score (nSPS) is 20.4. The van der Waals surface area contributed by atoms with Gasteiger partial charge < -0.3 is 10.1 Å². The summed E-state index contributed by atoms with van der Waals surface area (Å²) in [5.74, 6) is 1.84. The van der Waals surface area contributed by atoms with E-state index in [9.17, 15) is 0 Å². The number of hydrogen-bond donors (Lipinski definition) is 1. The Morgan fingerprint density at radius 2 is 1.77 bits per heavy atom. The number of ether oxygens (including phenoxy) is 1. The smallest absolute Gasteiger partial charge is 0.129 e. The average Bonchev–Trinajstić information content (AvgIpc) is 3.41. The summed E-state index contributed by atoms with van der Waals surface area (Å²) in [5, 5.41) is 6.10. The lowest BCUT2D eigenvalue weighted by atomic mass is 9.77. The van der Waals surface area contributed by atoms with E-state index in [-0.39, 0.29) is 0 Å². The van der Waals surface area contributed by atoms with E-state index in [4.69, 9.17) is 9.73 Å². The maximum atomic E-state index is 5.93. The summed E-state index contributed by atoms with van der Waals surface area (Å²) in [7, 11) is 0. The third kappa shape index (κ3) is 4.04. The van der Waals surface area contributed by atoms with Crippen molar-refractivity contribution in [1.82, 2.24) is 0 Å². The molecule has 3 nitrogen and oxygen atoms in total. The summed E-state index contributed by atoms with van der Waals surface area (Å²) in [5.41, 5.74) is 5.87. The number of nitrogens with zero attached hydrogens (tertiary/aromatic N) is 1. The summed E-state index contributed by atoms with van der Waals surface area (Å²) < 4.78 is 5.93. The molecule has 0 amide bonds. The Labute approximate surface area is 206 Å². The average molecular weight is 457 g/mol. The number of benzene rings is 4. The molecule has 1 N–H and O–H groups in total. The van der Waals surface area contributed by atoms with Gasteiger partial charge in [0.2, 0.25) is 0 Å². The minimum Gasteiger partial charge on any atom is -0.489 e. The van der Waals surface area contributed by atoms with Crippen LogP contribution in [0.1, 0.15) is 35.1 Å². The molecule has 2 aliphatic rings. The quantitative estimate of drug-likeness (QED) is 0.236. The zero-order valence-electron chi connectivity index (χ0n) is 19.6. The Hall–Kier alpha value is -4.11. The Morgan fingerprint density at radius 1 is 0.943 bits per heavy atom. The molecular formula is C32H28N2O. The van der Waals surface area contributed by atoms with Crippen LogP contribution in [-0.4, -0.2) is 12.8 Å². The molecular weight excluding hydrogens is 428 g/mol. The lowest BCUT2D eigenvalue weighted by Gasteiger charge is -2.37. The van der Waals surface area contributed by atoms with Gasteiger partial charge in [-0.2, -0.15) is 0 Å². The van der Waals surface area contributed by atoms with E-state index in [1.807, 2.05) is 24.4 Å². The van der Waals surface area contributed by atoms with Crippen LogP contribution >= 0.6 is 0 Å². The van der Waals surface area contributed by atoms with E-state index >= 15 is 0 Å². The topological polar surface area (TPSA) is 33.6 Å². The van der Waals surface area contributed by atoms with Crippen molar-refractivity contribution in [1.29, 1.82) is 0 Å². The van der Waals surface area contributed by atoms with E-state index in [0.717, 1.165) is 28.8 Å². The largest absolute Gasteiger partial charge is 0.489 e. The summed E-state index contributed by atoms with van der Waals surface area (Å²) in [6.07, 6.45) is 9.50. The molecule has 0 aromatic heterocycles. The van der Waals surface area contributed by atoms with Crippen molar-refractivity contribution in [3.05, 3.63) is 126 Å².